The highest BCUT2D eigenvalue weighted by molar-refractivity contribution is 5.50. The van der Waals surface area contributed by atoms with Gasteiger partial charge in [-0.2, -0.15) is 0 Å². The Labute approximate surface area is 79.4 Å². The third-order valence-electron chi connectivity index (χ3n) is 2.30. The highest BCUT2D eigenvalue weighted by atomic mass is 16.7. The zero-order valence-electron chi connectivity index (χ0n) is 8.20. The fraction of sp³-hybridized carbons (Fsp3) is 0.900. The lowest BCUT2D eigenvalue weighted by Crippen LogP contribution is -2.27. The van der Waals surface area contributed by atoms with Crippen molar-refractivity contribution in [1.82, 2.24) is 0 Å². The smallest absolute Gasteiger partial charge is 0.157 e. The summed E-state index contributed by atoms with van der Waals surface area (Å²) in [7, 11) is 0. The Bertz CT molecular complexity index is 141. The molecule has 0 aromatic rings. The maximum Gasteiger partial charge on any atom is 0.157 e. The lowest BCUT2D eigenvalue weighted by molar-refractivity contribution is -0.189. The van der Waals surface area contributed by atoms with Crippen LogP contribution in [0.1, 0.15) is 39.0 Å². The molecule has 13 heavy (non-hydrogen) atoms. The Morgan fingerprint density at radius 2 is 2.46 bits per heavy atom. The van der Waals surface area contributed by atoms with Gasteiger partial charge in [0.1, 0.15) is 6.29 Å². The molecule has 0 saturated carbocycles. The molecular formula is C10H18O3. The minimum atomic E-state index is -0.0707. The number of hydrogen-bond acceptors (Lipinski definition) is 3. The molecule has 76 valence electrons. The molecule has 1 saturated heterocycles. The van der Waals surface area contributed by atoms with E-state index in [4.69, 9.17) is 9.47 Å². The standard InChI is InChI=1S/C10H18O3/c1-2-9(6-7-11)13-10-5-3-4-8-12-10/h7,9-10H,2-6,8H2,1H3/t9-,10?/m0/s1. The van der Waals surface area contributed by atoms with Crippen LogP contribution in [0.3, 0.4) is 0 Å². The first-order valence-corrected chi connectivity index (χ1v) is 5.07. The molecule has 1 unspecified atom stereocenters. The summed E-state index contributed by atoms with van der Waals surface area (Å²) in [4.78, 5) is 10.3. The number of hydrogen-bond donors (Lipinski definition) is 0. The van der Waals surface area contributed by atoms with Crippen LogP contribution in [0.5, 0.6) is 0 Å². The van der Waals surface area contributed by atoms with E-state index < -0.39 is 0 Å². The van der Waals surface area contributed by atoms with Crippen molar-refractivity contribution in [3.05, 3.63) is 0 Å². The van der Waals surface area contributed by atoms with Gasteiger partial charge in [-0.25, -0.2) is 0 Å². The van der Waals surface area contributed by atoms with E-state index in [-0.39, 0.29) is 12.4 Å². The highest BCUT2D eigenvalue weighted by Crippen LogP contribution is 2.17. The minimum absolute atomic E-state index is 0.0422. The van der Waals surface area contributed by atoms with E-state index in [0.29, 0.717) is 6.42 Å². The number of carbonyl (C=O) groups excluding carboxylic acids is 1. The highest BCUT2D eigenvalue weighted by Gasteiger charge is 2.18. The van der Waals surface area contributed by atoms with Gasteiger partial charge in [-0.3, -0.25) is 0 Å². The van der Waals surface area contributed by atoms with Crippen molar-refractivity contribution in [3.63, 3.8) is 0 Å². The first-order chi connectivity index (χ1) is 6.36. The maximum atomic E-state index is 10.3. The Morgan fingerprint density at radius 3 is 3.00 bits per heavy atom. The summed E-state index contributed by atoms with van der Waals surface area (Å²) in [6.45, 7) is 2.82. The van der Waals surface area contributed by atoms with Gasteiger partial charge >= 0.3 is 0 Å². The number of rotatable bonds is 5. The molecule has 3 nitrogen and oxygen atoms in total. The topological polar surface area (TPSA) is 35.5 Å². The van der Waals surface area contributed by atoms with Gasteiger partial charge in [-0.05, 0) is 25.7 Å². The predicted molar refractivity (Wildman–Crippen MR) is 49.4 cm³/mol. The second-order valence-electron chi connectivity index (χ2n) is 3.36. The van der Waals surface area contributed by atoms with E-state index in [0.717, 1.165) is 32.2 Å². The zero-order chi connectivity index (χ0) is 9.52. The fourth-order valence-electron chi connectivity index (χ4n) is 1.46. The quantitative estimate of drug-likeness (QED) is 0.615. The normalized spacial score (nSPS) is 25.5. The second kappa shape index (κ2) is 6.11. The lowest BCUT2D eigenvalue weighted by Gasteiger charge is -2.26. The molecule has 0 N–H and O–H groups in total. The summed E-state index contributed by atoms with van der Waals surface area (Å²) in [6, 6.07) is 0. The molecule has 1 aliphatic rings. The fourth-order valence-corrected chi connectivity index (χ4v) is 1.46. The SMILES string of the molecule is CC[C@@H](CC=O)OC1CCCCO1. The van der Waals surface area contributed by atoms with E-state index in [1.165, 1.54) is 6.42 Å². The first kappa shape index (κ1) is 10.7. The molecule has 3 heteroatoms. The van der Waals surface area contributed by atoms with Crippen LogP contribution in [0.4, 0.5) is 0 Å². The molecule has 0 aromatic carbocycles. The van der Waals surface area contributed by atoms with Crippen LogP contribution in [-0.2, 0) is 14.3 Å². The largest absolute Gasteiger partial charge is 0.353 e. The summed E-state index contributed by atoms with van der Waals surface area (Å²) < 4.78 is 11.0. The Morgan fingerprint density at radius 1 is 1.62 bits per heavy atom. The molecule has 0 bridgehead atoms. The van der Waals surface area contributed by atoms with Gasteiger partial charge in [0.25, 0.3) is 0 Å². The van der Waals surface area contributed by atoms with Crippen LogP contribution in [0.2, 0.25) is 0 Å². The Kier molecular flexibility index (Phi) is 5.01. The van der Waals surface area contributed by atoms with Crippen molar-refractivity contribution in [1.29, 1.82) is 0 Å². The van der Waals surface area contributed by atoms with Crippen molar-refractivity contribution in [2.75, 3.05) is 6.61 Å². The van der Waals surface area contributed by atoms with Gasteiger partial charge in [-0.1, -0.05) is 6.92 Å². The molecule has 0 aliphatic carbocycles. The Hall–Kier alpha value is -0.410. The summed E-state index contributed by atoms with van der Waals surface area (Å²) in [5, 5.41) is 0. The summed E-state index contributed by atoms with van der Waals surface area (Å²) in [6.07, 6.45) is 5.51. The van der Waals surface area contributed by atoms with Crippen LogP contribution in [0, 0.1) is 0 Å². The molecule has 1 fully saturated rings. The van der Waals surface area contributed by atoms with Crippen LogP contribution in [0.25, 0.3) is 0 Å². The van der Waals surface area contributed by atoms with Crippen molar-refractivity contribution >= 4 is 6.29 Å². The van der Waals surface area contributed by atoms with E-state index in [2.05, 4.69) is 0 Å². The maximum absolute atomic E-state index is 10.3. The predicted octanol–water partition coefficient (Wildman–Crippen LogP) is 1.90. The monoisotopic (exact) mass is 186 g/mol. The lowest BCUT2D eigenvalue weighted by atomic mass is 10.2. The van der Waals surface area contributed by atoms with Gasteiger partial charge in [0.05, 0.1) is 6.10 Å². The average molecular weight is 186 g/mol. The van der Waals surface area contributed by atoms with E-state index in [1.54, 1.807) is 0 Å². The molecule has 1 rings (SSSR count). The zero-order valence-corrected chi connectivity index (χ0v) is 8.20. The van der Waals surface area contributed by atoms with Gasteiger partial charge in [-0.15, -0.1) is 0 Å². The number of ether oxygens (including phenoxy) is 2. The second-order valence-corrected chi connectivity index (χ2v) is 3.36. The van der Waals surface area contributed by atoms with E-state index in [1.807, 2.05) is 6.92 Å². The molecule has 0 radical (unpaired) electrons. The molecular weight excluding hydrogens is 168 g/mol. The Balaban J connectivity index is 2.22. The summed E-state index contributed by atoms with van der Waals surface area (Å²) in [5.41, 5.74) is 0. The van der Waals surface area contributed by atoms with Crippen LogP contribution in [0.15, 0.2) is 0 Å². The number of aldehydes is 1. The summed E-state index contributed by atoms with van der Waals surface area (Å²) >= 11 is 0. The van der Waals surface area contributed by atoms with E-state index >= 15 is 0 Å². The third-order valence-corrected chi connectivity index (χ3v) is 2.30. The minimum Gasteiger partial charge on any atom is -0.353 e. The van der Waals surface area contributed by atoms with Gasteiger partial charge in [0, 0.05) is 13.0 Å². The van der Waals surface area contributed by atoms with Crippen molar-refractivity contribution in [3.8, 4) is 0 Å². The van der Waals surface area contributed by atoms with E-state index in [9.17, 15) is 4.79 Å². The molecule has 2 atom stereocenters. The molecule has 0 spiro atoms. The molecule has 0 aromatic heterocycles. The number of carbonyl (C=O) groups is 1. The van der Waals surface area contributed by atoms with Crippen molar-refractivity contribution in [2.24, 2.45) is 0 Å². The molecule has 0 amide bonds. The van der Waals surface area contributed by atoms with Crippen LogP contribution >= 0.6 is 0 Å². The van der Waals surface area contributed by atoms with Crippen LogP contribution < -0.4 is 0 Å². The van der Waals surface area contributed by atoms with Gasteiger partial charge in [0.2, 0.25) is 0 Å². The molecule has 1 aliphatic heterocycles. The summed E-state index contributed by atoms with van der Waals surface area (Å²) in [5.74, 6) is 0. The molecule has 1 heterocycles. The average Bonchev–Trinajstić information content (AvgIpc) is 2.19. The third kappa shape index (κ3) is 3.87. The van der Waals surface area contributed by atoms with Gasteiger partial charge < -0.3 is 14.3 Å². The van der Waals surface area contributed by atoms with Crippen molar-refractivity contribution < 1.29 is 14.3 Å². The van der Waals surface area contributed by atoms with Gasteiger partial charge in [0.15, 0.2) is 6.29 Å². The van der Waals surface area contributed by atoms with Crippen molar-refractivity contribution in [2.45, 2.75) is 51.4 Å². The first-order valence-electron chi connectivity index (χ1n) is 5.07. The van der Waals surface area contributed by atoms with Crippen LogP contribution in [-0.4, -0.2) is 25.3 Å².